The Balaban J connectivity index is 1.45. The Kier molecular flexibility index (Phi) is 5.52. The number of carbonyl (C=O) groups excluding carboxylic acids is 2. The highest BCUT2D eigenvalue weighted by Gasteiger charge is 2.43. The molecule has 0 heterocycles. The first kappa shape index (κ1) is 17.9. The number of hydrogen-bond acceptors (Lipinski definition) is 2. The van der Waals surface area contributed by atoms with E-state index in [1.807, 2.05) is 42.5 Å². The molecule has 1 aliphatic carbocycles. The van der Waals surface area contributed by atoms with E-state index in [0.29, 0.717) is 5.92 Å². The van der Waals surface area contributed by atoms with Crippen molar-refractivity contribution >= 4 is 17.9 Å². The molecular weight excluding hydrogens is 324 g/mol. The molecule has 2 amide bonds. The number of hydrogen-bond donors (Lipinski definition) is 2. The summed E-state index contributed by atoms with van der Waals surface area (Å²) in [5, 5.41) is 0. The van der Waals surface area contributed by atoms with Crippen LogP contribution in [0.5, 0.6) is 0 Å². The molecule has 26 heavy (non-hydrogen) atoms. The van der Waals surface area contributed by atoms with Crippen molar-refractivity contribution in [2.24, 2.45) is 5.92 Å². The van der Waals surface area contributed by atoms with Crippen molar-refractivity contribution in [3.63, 3.8) is 0 Å². The Labute approximate surface area is 154 Å². The highest BCUT2D eigenvalue weighted by atomic mass is 16.2. The van der Waals surface area contributed by atoms with Crippen molar-refractivity contribution in [3.05, 3.63) is 77.4 Å². The van der Waals surface area contributed by atoms with Gasteiger partial charge in [0.15, 0.2) is 0 Å². The second-order valence-electron chi connectivity index (χ2n) is 6.99. The van der Waals surface area contributed by atoms with E-state index < -0.39 is 0 Å². The van der Waals surface area contributed by atoms with Gasteiger partial charge in [0.1, 0.15) is 0 Å². The maximum absolute atomic E-state index is 12.1. The highest BCUT2D eigenvalue weighted by Crippen LogP contribution is 2.47. The van der Waals surface area contributed by atoms with Gasteiger partial charge in [-0.05, 0) is 41.0 Å². The van der Waals surface area contributed by atoms with Crippen LogP contribution in [0.3, 0.4) is 0 Å². The predicted octanol–water partition coefficient (Wildman–Crippen LogP) is 3.77. The van der Waals surface area contributed by atoms with Crippen LogP contribution in [-0.2, 0) is 9.59 Å². The smallest absolute Gasteiger partial charge is 0.262 e. The zero-order valence-corrected chi connectivity index (χ0v) is 15.1. The van der Waals surface area contributed by atoms with Crippen LogP contribution in [-0.4, -0.2) is 11.8 Å². The molecule has 0 saturated heterocycles. The summed E-state index contributed by atoms with van der Waals surface area (Å²) in [6, 6.07) is 18.0. The van der Waals surface area contributed by atoms with Crippen LogP contribution in [0.2, 0.25) is 0 Å². The fourth-order valence-corrected chi connectivity index (χ4v) is 2.97. The summed E-state index contributed by atoms with van der Waals surface area (Å²) in [5.41, 5.74) is 8.34. The van der Waals surface area contributed by atoms with Gasteiger partial charge in [-0.25, -0.2) is 0 Å². The zero-order valence-electron chi connectivity index (χ0n) is 15.1. The highest BCUT2D eigenvalue weighted by molar-refractivity contribution is 5.93. The Morgan fingerprint density at radius 1 is 1.00 bits per heavy atom. The first-order valence-corrected chi connectivity index (χ1v) is 8.97. The standard InChI is InChI=1S/C22H24N2O2/c1-15(2)17-11-8-16(9-12-17)10-13-21(25)23-24-22(26)20-14-19(20)18-6-4-3-5-7-18/h3-13,15,19-20H,14H2,1-2H3,(H,23,25)(H,24,26)/b13-10+/t19-,20-/m0/s1. The zero-order chi connectivity index (χ0) is 18.5. The summed E-state index contributed by atoms with van der Waals surface area (Å²) in [6.07, 6.45) is 3.98. The van der Waals surface area contributed by atoms with Gasteiger partial charge in [0.2, 0.25) is 5.91 Å². The van der Waals surface area contributed by atoms with E-state index in [0.717, 1.165) is 12.0 Å². The van der Waals surface area contributed by atoms with Gasteiger partial charge in [0, 0.05) is 12.0 Å². The largest absolute Gasteiger partial charge is 0.273 e. The lowest BCUT2D eigenvalue weighted by atomic mass is 10.0. The van der Waals surface area contributed by atoms with Crippen molar-refractivity contribution in [1.29, 1.82) is 0 Å². The van der Waals surface area contributed by atoms with Crippen LogP contribution in [0.4, 0.5) is 0 Å². The van der Waals surface area contributed by atoms with E-state index in [2.05, 4.69) is 36.8 Å². The van der Waals surface area contributed by atoms with Crippen LogP contribution in [0.25, 0.3) is 6.08 Å². The number of carbonyl (C=O) groups is 2. The fourth-order valence-electron chi connectivity index (χ4n) is 2.97. The third kappa shape index (κ3) is 4.60. The lowest BCUT2D eigenvalue weighted by Crippen LogP contribution is -2.41. The minimum Gasteiger partial charge on any atom is -0.273 e. The van der Waals surface area contributed by atoms with Crippen LogP contribution in [0.15, 0.2) is 60.7 Å². The monoisotopic (exact) mass is 348 g/mol. The van der Waals surface area contributed by atoms with E-state index >= 15 is 0 Å². The van der Waals surface area contributed by atoms with Crippen LogP contribution >= 0.6 is 0 Å². The molecule has 4 nitrogen and oxygen atoms in total. The number of hydrazine groups is 1. The Morgan fingerprint density at radius 2 is 1.69 bits per heavy atom. The predicted molar refractivity (Wildman–Crippen MR) is 103 cm³/mol. The number of benzene rings is 2. The molecule has 0 aromatic heterocycles. The summed E-state index contributed by atoms with van der Waals surface area (Å²) in [6.45, 7) is 4.28. The molecule has 2 N–H and O–H groups in total. The van der Waals surface area contributed by atoms with Gasteiger partial charge in [-0.1, -0.05) is 68.4 Å². The molecule has 1 fully saturated rings. The third-order valence-corrected chi connectivity index (χ3v) is 4.69. The summed E-state index contributed by atoms with van der Waals surface area (Å²) in [4.78, 5) is 24.0. The summed E-state index contributed by atoms with van der Waals surface area (Å²) in [5.74, 6) is 0.187. The van der Waals surface area contributed by atoms with E-state index in [1.165, 1.54) is 17.2 Å². The molecule has 1 saturated carbocycles. The average Bonchev–Trinajstić information content (AvgIpc) is 3.46. The summed E-state index contributed by atoms with van der Waals surface area (Å²) in [7, 11) is 0. The first-order valence-electron chi connectivity index (χ1n) is 8.97. The number of amides is 2. The van der Waals surface area contributed by atoms with Gasteiger partial charge in [0.05, 0.1) is 0 Å². The molecule has 4 heteroatoms. The molecular formula is C22H24N2O2. The molecule has 0 unspecified atom stereocenters. The molecule has 0 bridgehead atoms. The molecule has 0 aliphatic heterocycles. The maximum Gasteiger partial charge on any atom is 0.262 e. The Morgan fingerprint density at radius 3 is 2.35 bits per heavy atom. The van der Waals surface area contributed by atoms with E-state index in [1.54, 1.807) is 6.08 Å². The number of rotatable bonds is 5. The number of nitrogens with one attached hydrogen (secondary N) is 2. The first-order chi connectivity index (χ1) is 12.5. The van der Waals surface area contributed by atoms with Crippen LogP contribution in [0, 0.1) is 5.92 Å². The minimum absolute atomic E-state index is 0.0646. The minimum atomic E-state index is -0.344. The molecule has 1 aliphatic rings. The lowest BCUT2D eigenvalue weighted by Gasteiger charge is -2.06. The van der Waals surface area contributed by atoms with Crippen molar-refractivity contribution in [3.8, 4) is 0 Å². The average molecular weight is 348 g/mol. The topological polar surface area (TPSA) is 58.2 Å². The van der Waals surface area contributed by atoms with Gasteiger partial charge in [-0.2, -0.15) is 0 Å². The molecule has 3 rings (SSSR count). The quantitative estimate of drug-likeness (QED) is 0.638. The SMILES string of the molecule is CC(C)c1ccc(/C=C/C(=O)NNC(=O)[C@H]2C[C@H]2c2ccccc2)cc1. The Bertz CT molecular complexity index is 795. The van der Waals surface area contributed by atoms with Crippen LogP contribution < -0.4 is 10.9 Å². The lowest BCUT2D eigenvalue weighted by molar-refractivity contribution is -0.127. The molecule has 0 radical (unpaired) electrons. The summed E-state index contributed by atoms with van der Waals surface area (Å²) >= 11 is 0. The van der Waals surface area contributed by atoms with Gasteiger partial charge in [-0.3, -0.25) is 20.4 Å². The van der Waals surface area contributed by atoms with Gasteiger partial charge in [-0.15, -0.1) is 0 Å². The normalized spacial score (nSPS) is 18.7. The third-order valence-electron chi connectivity index (χ3n) is 4.69. The molecule has 134 valence electrons. The molecule has 2 aromatic carbocycles. The van der Waals surface area contributed by atoms with Crippen molar-refractivity contribution in [2.75, 3.05) is 0 Å². The Hall–Kier alpha value is -2.88. The molecule has 2 aromatic rings. The van der Waals surface area contributed by atoms with Crippen molar-refractivity contribution in [1.82, 2.24) is 10.9 Å². The molecule has 2 atom stereocenters. The summed E-state index contributed by atoms with van der Waals surface area (Å²) < 4.78 is 0. The fraction of sp³-hybridized carbons (Fsp3) is 0.273. The van der Waals surface area contributed by atoms with E-state index in [9.17, 15) is 9.59 Å². The van der Waals surface area contributed by atoms with Gasteiger partial charge < -0.3 is 0 Å². The molecule has 0 spiro atoms. The van der Waals surface area contributed by atoms with Crippen molar-refractivity contribution < 1.29 is 9.59 Å². The van der Waals surface area contributed by atoms with E-state index in [4.69, 9.17) is 0 Å². The van der Waals surface area contributed by atoms with Gasteiger partial charge >= 0.3 is 0 Å². The maximum atomic E-state index is 12.1. The second kappa shape index (κ2) is 8.00. The van der Waals surface area contributed by atoms with Crippen LogP contribution in [0.1, 0.15) is 48.8 Å². The van der Waals surface area contributed by atoms with E-state index in [-0.39, 0.29) is 23.7 Å². The van der Waals surface area contributed by atoms with Crippen molar-refractivity contribution in [2.45, 2.75) is 32.1 Å². The van der Waals surface area contributed by atoms with Gasteiger partial charge in [0.25, 0.3) is 5.91 Å². The second-order valence-corrected chi connectivity index (χ2v) is 6.99.